The molecule has 0 saturated carbocycles. The fourth-order valence-corrected chi connectivity index (χ4v) is 2.37. The molecule has 1 heterocycles. The van der Waals surface area contributed by atoms with Crippen LogP contribution in [-0.4, -0.2) is 53.7 Å². The van der Waals surface area contributed by atoms with Gasteiger partial charge in [-0.15, -0.1) is 0 Å². The van der Waals surface area contributed by atoms with Crippen molar-refractivity contribution in [2.24, 2.45) is 0 Å². The average Bonchev–Trinajstić information content (AvgIpc) is 2.91. The van der Waals surface area contributed by atoms with E-state index < -0.39 is 24.3 Å². The van der Waals surface area contributed by atoms with Crippen LogP contribution >= 0.6 is 0 Å². The lowest BCUT2D eigenvalue weighted by Crippen LogP contribution is -2.33. The molecule has 0 N–H and O–H groups in total. The maximum Gasteiger partial charge on any atom is 0.308 e. The van der Waals surface area contributed by atoms with E-state index in [4.69, 9.17) is 4.74 Å². The van der Waals surface area contributed by atoms with Gasteiger partial charge in [0.05, 0.1) is 6.42 Å². The Bertz CT molecular complexity index is 675. The molecule has 1 fully saturated rings. The molecule has 8 heteroatoms. The molecule has 1 aromatic carbocycles. The van der Waals surface area contributed by atoms with Crippen molar-refractivity contribution in [3.8, 4) is 0 Å². The highest BCUT2D eigenvalue weighted by molar-refractivity contribution is 6.02. The molecular weight excluding hydrogens is 331 g/mol. The van der Waals surface area contributed by atoms with E-state index in [1.807, 2.05) is 0 Å². The lowest BCUT2D eigenvalue weighted by Gasteiger charge is -2.18. The van der Waals surface area contributed by atoms with E-state index in [1.165, 1.54) is 18.0 Å². The third kappa shape index (κ3) is 5.10. The van der Waals surface area contributed by atoms with Crippen LogP contribution in [0.15, 0.2) is 24.3 Å². The molecule has 0 radical (unpaired) electrons. The van der Waals surface area contributed by atoms with Crippen molar-refractivity contribution in [1.29, 1.82) is 0 Å². The molecule has 7 nitrogen and oxygen atoms in total. The average molecular weight is 350 g/mol. The number of esters is 1. The van der Waals surface area contributed by atoms with Crippen molar-refractivity contribution in [1.82, 2.24) is 9.80 Å². The minimum absolute atomic E-state index is 0.0459. The molecule has 1 saturated heterocycles. The summed E-state index contributed by atoms with van der Waals surface area (Å²) in [4.78, 5) is 48.7. The summed E-state index contributed by atoms with van der Waals surface area (Å²) in [6.45, 7) is -0.471. The minimum Gasteiger partial charge on any atom is -0.456 e. The number of ether oxygens (including phenoxy) is 1. The van der Waals surface area contributed by atoms with Crippen molar-refractivity contribution in [3.05, 3.63) is 35.6 Å². The van der Waals surface area contributed by atoms with Crippen LogP contribution in [0.25, 0.3) is 0 Å². The molecule has 3 amide bonds. The van der Waals surface area contributed by atoms with Crippen LogP contribution in [0.1, 0.15) is 24.8 Å². The largest absolute Gasteiger partial charge is 0.456 e. The molecule has 0 aliphatic carbocycles. The minimum atomic E-state index is -0.680. The van der Waals surface area contributed by atoms with E-state index in [9.17, 15) is 23.6 Å². The van der Waals surface area contributed by atoms with Crippen molar-refractivity contribution < 1.29 is 28.3 Å². The van der Waals surface area contributed by atoms with Crippen molar-refractivity contribution in [2.75, 3.05) is 20.2 Å². The maximum atomic E-state index is 13.6. The number of hydrogen-bond donors (Lipinski definition) is 0. The van der Waals surface area contributed by atoms with Gasteiger partial charge in [0, 0.05) is 38.5 Å². The molecule has 0 unspecified atom stereocenters. The second kappa shape index (κ2) is 8.36. The Labute approximate surface area is 144 Å². The van der Waals surface area contributed by atoms with Crippen LogP contribution in [0.2, 0.25) is 0 Å². The highest BCUT2D eigenvalue weighted by atomic mass is 19.1. The zero-order valence-electron chi connectivity index (χ0n) is 13.9. The van der Waals surface area contributed by atoms with Gasteiger partial charge >= 0.3 is 5.97 Å². The van der Waals surface area contributed by atoms with Crippen LogP contribution in [0, 0.1) is 5.82 Å². The Morgan fingerprint density at radius 3 is 2.48 bits per heavy atom. The molecule has 1 aliphatic rings. The summed E-state index contributed by atoms with van der Waals surface area (Å²) in [6, 6.07) is 6.08. The lowest BCUT2D eigenvalue weighted by molar-refractivity contribution is -0.152. The summed E-state index contributed by atoms with van der Waals surface area (Å²) in [5.41, 5.74) is 0.357. The van der Waals surface area contributed by atoms with Gasteiger partial charge in [-0.2, -0.15) is 0 Å². The highest BCUT2D eigenvalue weighted by Gasteiger charge is 2.29. The molecule has 0 bridgehead atoms. The summed E-state index contributed by atoms with van der Waals surface area (Å²) in [5, 5.41) is 0. The van der Waals surface area contributed by atoms with E-state index in [0.717, 1.165) is 4.90 Å². The zero-order valence-corrected chi connectivity index (χ0v) is 13.9. The number of carbonyl (C=O) groups excluding carboxylic acids is 4. The van der Waals surface area contributed by atoms with E-state index in [1.54, 1.807) is 18.2 Å². The zero-order chi connectivity index (χ0) is 18.4. The predicted molar refractivity (Wildman–Crippen MR) is 84.4 cm³/mol. The van der Waals surface area contributed by atoms with Crippen molar-refractivity contribution >= 4 is 23.7 Å². The van der Waals surface area contributed by atoms with Gasteiger partial charge in [-0.1, -0.05) is 18.2 Å². The maximum absolute atomic E-state index is 13.6. The molecule has 2 rings (SSSR count). The van der Waals surface area contributed by atoms with E-state index >= 15 is 0 Å². The van der Waals surface area contributed by atoms with E-state index in [2.05, 4.69) is 0 Å². The third-order valence-corrected chi connectivity index (χ3v) is 3.84. The number of rotatable bonds is 7. The third-order valence-electron chi connectivity index (χ3n) is 3.84. The first kappa shape index (κ1) is 18.6. The van der Waals surface area contributed by atoms with Crippen molar-refractivity contribution in [3.63, 3.8) is 0 Å². The number of imide groups is 1. The first-order chi connectivity index (χ1) is 11.9. The first-order valence-electron chi connectivity index (χ1n) is 7.84. The highest BCUT2D eigenvalue weighted by Crippen LogP contribution is 2.12. The molecule has 0 aromatic heterocycles. The van der Waals surface area contributed by atoms with Gasteiger partial charge in [0.25, 0.3) is 5.91 Å². The van der Waals surface area contributed by atoms with Crippen LogP contribution in [0.4, 0.5) is 4.39 Å². The van der Waals surface area contributed by atoms with Gasteiger partial charge in [-0.25, -0.2) is 4.39 Å². The first-order valence-corrected chi connectivity index (χ1v) is 7.84. The number of halogens is 1. The molecule has 134 valence electrons. The second-order valence-corrected chi connectivity index (χ2v) is 5.69. The number of likely N-dealkylation sites (tertiary alicyclic amines) is 1. The van der Waals surface area contributed by atoms with Gasteiger partial charge in [0.1, 0.15) is 5.82 Å². The van der Waals surface area contributed by atoms with Gasteiger partial charge in [-0.3, -0.25) is 24.1 Å². The summed E-state index contributed by atoms with van der Waals surface area (Å²) < 4.78 is 18.4. The van der Waals surface area contributed by atoms with E-state index in [-0.39, 0.29) is 44.2 Å². The molecule has 1 aliphatic heterocycles. The molecular formula is C17H19FN2O5. The Hall–Kier alpha value is -2.77. The van der Waals surface area contributed by atoms with Gasteiger partial charge in [0.15, 0.2) is 6.61 Å². The van der Waals surface area contributed by atoms with Crippen molar-refractivity contribution in [2.45, 2.75) is 25.8 Å². The normalized spacial score (nSPS) is 13.9. The predicted octanol–water partition coefficient (Wildman–Crippen LogP) is 0.866. The number of amides is 3. The SMILES string of the molecule is CN(Cc1ccccc1F)C(=O)COC(=O)CCN1C(=O)CCC1=O. The Morgan fingerprint density at radius 1 is 1.20 bits per heavy atom. The standard InChI is InChI=1S/C17H19FN2O5/c1-19(10-12-4-2-3-5-13(12)18)16(23)11-25-17(24)8-9-20-14(21)6-7-15(20)22/h2-5H,6-11H2,1H3. The molecule has 0 atom stereocenters. The number of carbonyl (C=O) groups is 4. The fraction of sp³-hybridized carbons (Fsp3) is 0.412. The van der Waals surface area contributed by atoms with Crippen LogP contribution in [0.5, 0.6) is 0 Å². The molecule has 1 aromatic rings. The Balaban J connectivity index is 1.73. The quantitative estimate of drug-likeness (QED) is 0.538. The summed E-state index contributed by atoms with van der Waals surface area (Å²) >= 11 is 0. The number of hydrogen-bond acceptors (Lipinski definition) is 5. The molecule has 0 spiro atoms. The Kier molecular flexibility index (Phi) is 6.21. The van der Waals surface area contributed by atoms with Crippen LogP contribution in [0.3, 0.4) is 0 Å². The smallest absolute Gasteiger partial charge is 0.308 e. The lowest BCUT2D eigenvalue weighted by atomic mass is 10.2. The number of likely N-dealkylation sites (N-methyl/N-ethyl adjacent to an activating group) is 1. The van der Waals surface area contributed by atoms with Gasteiger partial charge in [-0.05, 0) is 6.07 Å². The number of benzene rings is 1. The number of nitrogens with zero attached hydrogens (tertiary/aromatic N) is 2. The summed E-state index contributed by atoms with van der Waals surface area (Å²) in [5.74, 6) is -2.19. The van der Waals surface area contributed by atoms with E-state index in [0.29, 0.717) is 5.56 Å². The Morgan fingerprint density at radius 2 is 1.84 bits per heavy atom. The topological polar surface area (TPSA) is 84.0 Å². The summed E-state index contributed by atoms with van der Waals surface area (Å²) in [6.07, 6.45) is 0.155. The van der Waals surface area contributed by atoms with Crippen LogP contribution < -0.4 is 0 Å². The molecule has 25 heavy (non-hydrogen) atoms. The summed E-state index contributed by atoms with van der Waals surface area (Å²) in [7, 11) is 1.48. The van der Waals surface area contributed by atoms with Gasteiger partial charge < -0.3 is 9.64 Å². The monoisotopic (exact) mass is 350 g/mol. The second-order valence-electron chi connectivity index (χ2n) is 5.69. The fourth-order valence-electron chi connectivity index (χ4n) is 2.37. The van der Waals surface area contributed by atoms with Crippen LogP contribution in [-0.2, 0) is 30.5 Å². The van der Waals surface area contributed by atoms with Gasteiger partial charge in [0.2, 0.25) is 11.8 Å².